The summed E-state index contributed by atoms with van der Waals surface area (Å²) in [5.41, 5.74) is 9.73. The van der Waals surface area contributed by atoms with Crippen molar-refractivity contribution in [3.63, 3.8) is 0 Å². The second-order valence-corrected chi connectivity index (χ2v) is 6.17. The van der Waals surface area contributed by atoms with Crippen LogP contribution in [0.5, 0.6) is 0 Å². The van der Waals surface area contributed by atoms with Crippen LogP contribution in [0, 0.1) is 0 Å². The summed E-state index contributed by atoms with van der Waals surface area (Å²) in [6, 6.07) is 7.29. The van der Waals surface area contributed by atoms with Gasteiger partial charge in [-0.25, -0.2) is 8.42 Å². The van der Waals surface area contributed by atoms with Gasteiger partial charge in [-0.1, -0.05) is 29.4 Å². The maximum atomic E-state index is 11.8. The van der Waals surface area contributed by atoms with Crippen LogP contribution in [0.1, 0.15) is 12.0 Å². The average molecular weight is 278 g/mol. The summed E-state index contributed by atoms with van der Waals surface area (Å²) in [5.74, 6) is 0.212. The fraction of sp³-hybridized carbons (Fsp3) is 0.333. The highest BCUT2D eigenvalue weighted by Crippen LogP contribution is 2.25. The molecule has 1 aliphatic rings. The number of hydrogen-bond donors (Lipinski definition) is 0. The van der Waals surface area contributed by atoms with Crippen LogP contribution in [-0.2, 0) is 10.0 Å². The molecule has 0 bridgehead atoms. The zero-order valence-corrected chi connectivity index (χ0v) is 11.1. The summed E-state index contributed by atoms with van der Waals surface area (Å²) in [5, 5.41) is 3.40. The lowest BCUT2D eigenvalue weighted by Crippen LogP contribution is -2.24. The van der Waals surface area contributed by atoms with Crippen LogP contribution in [-0.4, -0.2) is 27.3 Å². The Morgan fingerprint density at radius 1 is 1.47 bits per heavy atom. The monoisotopic (exact) mass is 278 g/mol. The first kappa shape index (κ1) is 13.5. The molecular weight excluding hydrogens is 264 g/mol. The Balaban J connectivity index is 2.20. The van der Waals surface area contributed by atoms with Crippen molar-refractivity contribution in [2.24, 2.45) is 5.11 Å². The minimum Gasteiger partial charge on any atom is -0.270 e. The van der Waals surface area contributed by atoms with Gasteiger partial charge < -0.3 is 0 Å². The molecule has 1 fully saturated rings. The largest absolute Gasteiger partial charge is 0.270 e. The second-order valence-electron chi connectivity index (χ2n) is 4.15. The Morgan fingerprint density at radius 2 is 2.32 bits per heavy atom. The van der Waals surface area contributed by atoms with Crippen LogP contribution < -0.4 is 4.31 Å². The zero-order valence-electron chi connectivity index (χ0n) is 10.3. The number of anilines is 1. The molecule has 1 heterocycles. The lowest BCUT2D eigenvalue weighted by atomic mass is 10.2. The molecule has 0 spiro atoms. The van der Waals surface area contributed by atoms with Crippen LogP contribution in [0.25, 0.3) is 16.5 Å². The van der Waals surface area contributed by atoms with Crippen LogP contribution in [0.2, 0.25) is 0 Å². The highest BCUT2D eigenvalue weighted by Gasteiger charge is 2.28. The number of hydrogen-bond acceptors (Lipinski definition) is 3. The SMILES string of the molecule is [N-]=[N+]=NCC=Cc1cccc(N2CCCS2(=O)=O)c1. The van der Waals surface area contributed by atoms with E-state index in [0.717, 1.165) is 5.56 Å². The first-order valence-electron chi connectivity index (χ1n) is 5.91. The van der Waals surface area contributed by atoms with E-state index in [1.807, 2.05) is 18.2 Å². The van der Waals surface area contributed by atoms with Crippen molar-refractivity contribution in [1.29, 1.82) is 0 Å². The predicted octanol–water partition coefficient (Wildman–Crippen LogP) is 2.55. The molecule has 0 aliphatic carbocycles. The lowest BCUT2D eigenvalue weighted by Gasteiger charge is -2.17. The summed E-state index contributed by atoms with van der Waals surface area (Å²) in [4.78, 5) is 2.65. The minimum atomic E-state index is -3.14. The maximum Gasteiger partial charge on any atom is 0.235 e. The van der Waals surface area contributed by atoms with E-state index in [0.29, 0.717) is 18.7 Å². The van der Waals surface area contributed by atoms with Gasteiger partial charge in [-0.3, -0.25) is 4.31 Å². The van der Waals surface area contributed by atoms with E-state index in [9.17, 15) is 8.42 Å². The number of sulfonamides is 1. The molecule has 19 heavy (non-hydrogen) atoms. The lowest BCUT2D eigenvalue weighted by molar-refractivity contribution is 0.599. The Bertz CT molecular complexity index is 633. The Kier molecular flexibility index (Phi) is 4.09. The molecule has 0 radical (unpaired) electrons. The quantitative estimate of drug-likeness (QED) is 0.481. The molecule has 0 aromatic heterocycles. The van der Waals surface area contributed by atoms with Gasteiger partial charge in [0.15, 0.2) is 0 Å². The van der Waals surface area contributed by atoms with Gasteiger partial charge in [0.25, 0.3) is 0 Å². The van der Waals surface area contributed by atoms with E-state index < -0.39 is 10.0 Å². The molecule has 7 heteroatoms. The topological polar surface area (TPSA) is 86.1 Å². The van der Waals surface area contributed by atoms with Gasteiger partial charge in [-0.2, -0.15) is 0 Å². The van der Waals surface area contributed by atoms with Crippen LogP contribution >= 0.6 is 0 Å². The summed E-state index contributed by atoms with van der Waals surface area (Å²) in [6.45, 7) is 0.816. The van der Waals surface area contributed by atoms with Gasteiger partial charge in [0.1, 0.15) is 0 Å². The molecule has 0 saturated carbocycles. The van der Waals surface area contributed by atoms with Crippen molar-refractivity contribution < 1.29 is 8.42 Å². The first-order chi connectivity index (χ1) is 9.13. The van der Waals surface area contributed by atoms with Crippen molar-refractivity contribution >= 4 is 21.8 Å². The number of benzene rings is 1. The third-order valence-electron chi connectivity index (χ3n) is 2.82. The van der Waals surface area contributed by atoms with E-state index >= 15 is 0 Å². The molecule has 2 rings (SSSR count). The minimum absolute atomic E-state index is 0.212. The highest BCUT2D eigenvalue weighted by molar-refractivity contribution is 7.93. The fourth-order valence-corrected chi connectivity index (χ4v) is 3.54. The molecule has 0 atom stereocenters. The van der Waals surface area contributed by atoms with E-state index in [2.05, 4.69) is 10.0 Å². The number of azide groups is 1. The molecule has 1 aliphatic heterocycles. The van der Waals surface area contributed by atoms with E-state index in [-0.39, 0.29) is 12.3 Å². The van der Waals surface area contributed by atoms with Gasteiger partial charge in [0.05, 0.1) is 11.4 Å². The van der Waals surface area contributed by atoms with Gasteiger partial charge in [-0.05, 0) is 29.6 Å². The zero-order chi connectivity index (χ0) is 13.7. The first-order valence-corrected chi connectivity index (χ1v) is 7.52. The van der Waals surface area contributed by atoms with Crippen molar-refractivity contribution in [3.8, 4) is 0 Å². The predicted molar refractivity (Wildman–Crippen MR) is 75.2 cm³/mol. The molecule has 100 valence electrons. The van der Waals surface area contributed by atoms with E-state index in [4.69, 9.17) is 5.53 Å². The smallest absolute Gasteiger partial charge is 0.235 e. The molecule has 0 N–H and O–H groups in total. The second kappa shape index (κ2) is 5.77. The van der Waals surface area contributed by atoms with Crippen molar-refractivity contribution in [2.75, 3.05) is 23.1 Å². The normalized spacial score (nSPS) is 17.6. The number of nitrogens with zero attached hydrogens (tertiary/aromatic N) is 4. The molecule has 1 saturated heterocycles. The van der Waals surface area contributed by atoms with Crippen molar-refractivity contribution in [1.82, 2.24) is 0 Å². The fourth-order valence-electron chi connectivity index (χ4n) is 1.99. The summed E-state index contributed by atoms with van der Waals surface area (Å²) < 4.78 is 25.1. The van der Waals surface area contributed by atoms with Crippen molar-refractivity contribution in [3.05, 3.63) is 46.3 Å². The number of rotatable bonds is 4. The average Bonchev–Trinajstić information content (AvgIpc) is 2.75. The van der Waals surface area contributed by atoms with Gasteiger partial charge >= 0.3 is 0 Å². The van der Waals surface area contributed by atoms with Gasteiger partial charge in [0, 0.05) is 18.0 Å². The van der Waals surface area contributed by atoms with Gasteiger partial charge in [-0.15, -0.1) is 0 Å². The summed E-state index contributed by atoms with van der Waals surface area (Å²) >= 11 is 0. The van der Waals surface area contributed by atoms with Crippen molar-refractivity contribution in [2.45, 2.75) is 6.42 Å². The maximum absolute atomic E-state index is 11.8. The Labute approximate surface area is 112 Å². The van der Waals surface area contributed by atoms with Crippen LogP contribution in [0.3, 0.4) is 0 Å². The van der Waals surface area contributed by atoms with Crippen LogP contribution in [0.15, 0.2) is 35.5 Å². The van der Waals surface area contributed by atoms with E-state index in [1.165, 1.54) is 4.31 Å². The molecule has 6 nitrogen and oxygen atoms in total. The van der Waals surface area contributed by atoms with Gasteiger partial charge in [0.2, 0.25) is 10.0 Å². The standard InChI is InChI=1S/C12H14N4O2S/c13-15-14-7-2-5-11-4-1-6-12(10-11)16-8-3-9-19(16,17)18/h1-2,4-6,10H,3,7-9H2. The molecule has 1 aromatic rings. The van der Waals surface area contributed by atoms with Crippen LogP contribution in [0.4, 0.5) is 5.69 Å². The third kappa shape index (κ3) is 3.27. The Morgan fingerprint density at radius 3 is 3.00 bits per heavy atom. The Hall–Kier alpha value is -1.98. The molecule has 0 unspecified atom stereocenters. The molecule has 0 amide bonds. The molecular formula is C12H14N4O2S. The highest BCUT2D eigenvalue weighted by atomic mass is 32.2. The third-order valence-corrected chi connectivity index (χ3v) is 4.69. The summed E-state index contributed by atoms with van der Waals surface area (Å²) in [6.07, 6.45) is 4.21. The molecule has 1 aromatic carbocycles. The van der Waals surface area contributed by atoms with E-state index in [1.54, 1.807) is 18.2 Å². The summed E-state index contributed by atoms with van der Waals surface area (Å²) in [7, 11) is -3.14.